The molecule has 3 aromatic rings. The first-order valence-corrected chi connectivity index (χ1v) is 9.28. The third-order valence-electron chi connectivity index (χ3n) is 5.12. The van der Waals surface area contributed by atoms with Crippen molar-refractivity contribution >= 4 is 11.0 Å². The normalized spacial score (nSPS) is 23.6. The maximum Gasteiger partial charge on any atom is 0.181 e. The molecule has 0 bridgehead atoms. The molecule has 26 heavy (non-hydrogen) atoms. The average molecular weight is 355 g/mol. The first kappa shape index (κ1) is 17.1. The SMILES string of the molecule is CC(C)C[C@H]1CC(O)(c2cccc(-c3[nH]nc4ncccc34)n2)CCN1.[HH].[HH]. The van der Waals surface area contributed by atoms with E-state index in [-0.39, 0.29) is 2.85 Å². The summed E-state index contributed by atoms with van der Waals surface area (Å²) in [4.78, 5) is 9.06. The highest BCUT2D eigenvalue weighted by molar-refractivity contribution is 5.89. The van der Waals surface area contributed by atoms with Gasteiger partial charge in [-0.2, -0.15) is 5.10 Å². The zero-order chi connectivity index (χ0) is 18.1. The smallest absolute Gasteiger partial charge is 0.181 e. The number of pyridine rings is 2. The van der Waals surface area contributed by atoms with E-state index in [1.165, 1.54) is 0 Å². The monoisotopic (exact) mass is 355 g/mol. The van der Waals surface area contributed by atoms with E-state index < -0.39 is 5.60 Å². The summed E-state index contributed by atoms with van der Waals surface area (Å²) in [6.07, 6.45) is 4.14. The molecule has 4 heterocycles. The van der Waals surface area contributed by atoms with E-state index in [1.54, 1.807) is 6.20 Å². The minimum atomic E-state index is -0.894. The van der Waals surface area contributed by atoms with Gasteiger partial charge in [-0.1, -0.05) is 19.9 Å². The third-order valence-corrected chi connectivity index (χ3v) is 5.12. The molecular weight excluding hydrogens is 326 g/mol. The van der Waals surface area contributed by atoms with Crippen LogP contribution in [-0.4, -0.2) is 37.9 Å². The Hall–Kier alpha value is -2.31. The number of fused-ring (bicyclic) bond motifs is 1. The molecule has 6 heteroatoms. The number of piperidine rings is 1. The molecule has 3 N–H and O–H groups in total. The van der Waals surface area contributed by atoms with Gasteiger partial charge in [-0.25, -0.2) is 9.97 Å². The van der Waals surface area contributed by atoms with Crippen LogP contribution in [0.15, 0.2) is 36.5 Å². The molecule has 4 rings (SSSR count). The second kappa shape index (κ2) is 6.78. The molecule has 1 saturated heterocycles. The Morgan fingerprint density at radius 3 is 3.04 bits per heavy atom. The minimum Gasteiger partial charge on any atom is -0.383 e. The Bertz CT molecular complexity index is 916. The molecule has 1 aliphatic heterocycles. The highest BCUT2D eigenvalue weighted by atomic mass is 16.3. The predicted molar refractivity (Wildman–Crippen MR) is 106 cm³/mol. The van der Waals surface area contributed by atoms with Crippen LogP contribution >= 0.6 is 0 Å². The molecule has 2 atom stereocenters. The number of hydrogen-bond acceptors (Lipinski definition) is 5. The van der Waals surface area contributed by atoms with Gasteiger partial charge in [-0.15, -0.1) is 0 Å². The van der Waals surface area contributed by atoms with Gasteiger partial charge in [0.1, 0.15) is 5.60 Å². The highest BCUT2D eigenvalue weighted by Gasteiger charge is 2.37. The van der Waals surface area contributed by atoms with Gasteiger partial charge in [0.15, 0.2) is 5.65 Å². The molecule has 0 radical (unpaired) electrons. The van der Waals surface area contributed by atoms with E-state index in [2.05, 4.69) is 34.3 Å². The van der Waals surface area contributed by atoms with Gasteiger partial charge < -0.3 is 10.4 Å². The van der Waals surface area contributed by atoms with Crippen molar-refractivity contribution in [3.05, 3.63) is 42.2 Å². The Morgan fingerprint density at radius 2 is 2.19 bits per heavy atom. The topological polar surface area (TPSA) is 86.7 Å². The molecule has 1 aliphatic rings. The number of rotatable bonds is 4. The van der Waals surface area contributed by atoms with Crippen LogP contribution in [0, 0.1) is 5.92 Å². The first-order chi connectivity index (χ1) is 12.5. The van der Waals surface area contributed by atoms with Crippen LogP contribution in [0.1, 0.15) is 41.7 Å². The van der Waals surface area contributed by atoms with Gasteiger partial charge >= 0.3 is 0 Å². The highest BCUT2D eigenvalue weighted by Crippen LogP contribution is 2.34. The van der Waals surface area contributed by atoms with Gasteiger partial charge in [0, 0.05) is 20.5 Å². The van der Waals surface area contributed by atoms with Crippen molar-refractivity contribution < 1.29 is 7.96 Å². The zero-order valence-electron chi connectivity index (χ0n) is 15.2. The van der Waals surface area contributed by atoms with Crippen LogP contribution in [0.3, 0.4) is 0 Å². The Kier molecular flexibility index (Phi) is 4.46. The summed E-state index contributed by atoms with van der Waals surface area (Å²) in [5.41, 5.74) is 2.13. The van der Waals surface area contributed by atoms with Crippen LogP contribution in [-0.2, 0) is 5.60 Å². The van der Waals surface area contributed by atoms with E-state index in [0.717, 1.165) is 35.4 Å². The lowest BCUT2D eigenvalue weighted by Gasteiger charge is -2.38. The van der Waals surface area contributed by atoms with Crippen LogP contribution in [0.4, 0.5) is 0 Å². The van der Waals surface area contributed by atoms with Crippen LogP contribution in [0.25, 0.3) is 22.4 Å². The van der Waals surface area contributed by atoms with E-state index in [9.17, 15) is 5.11 Å². The second-order valence-corrected chi connectivity index (χ2v) is 7.65. The maximum atomic E-state index is 11.3. The third kappa shape index (κ3) is 3.22. The molecule has 0 amide bonds. The average Bonchev–Trinajstić information content (AvgIpc) is 3.05. The molecule has 6 nitrogen and oxygen atoms in total. The number of nitrogens with one attached hydrogen (secondary N) is 2. The summed E-state index contributed by atoms with van der Waals surface area (Å²) in [6, 6.07) is 10.0. The number of aromatic nitrogens is 4. The fraction of sp³-hybridized carbons (Fsp3) is 0.450. The molecule has 140 valence electrons. The molecule has 3 aromatic heterocycles. The molecule has 1 unspecified atom stereocenters. The number of aromatic amines is 1. The number of nitrogens with zero attached hydrogens (tertiary/aromatic N) is 3. The maximum absolute atomic E-state index is 11.3. The van der Waals surface area contributed by atoms with Gasteiger partial charge in [-0.05, 0) is 56.0 Å². The van der Waals surface area contributed by atoms with Crippen LogP contribution in [0.2, 0.25) is 0 Å². The van der Waals surface area contributed by atoms with E-state index in [4.69, 9.17) is 4.98 Å². The lowest BCUT2D eigenvalue weighted by atomic mass is 9.82. The quantitative estimate of drug-likeness (QED) is 0.667. The van der Waals surface area contributed by atoms with E-state index in [1.807, 2.05) is 30.3 Å². The number of H-pyrrole nitrogens is 1. The van der Waals surface area contributed by atoms with Crippen molar-refractivity contribution in [2.24, 2.45) is 5.92 Å². The Morgan fingerprint density at radius 1 is 1.31 bits per heavy atom. The first-order valence-electron chi connectivity index (χ1n) is 9.28. The number of aliphatic hydroxyl groups is 1. The van der Waals surface area contributed by atoms with Crippen molar-refractivity contribution in [3.8, 4) is 11.4 Å². The summed E-state index contributed by atoms with van der Waals surface area (Å²) >= 11 is 0. The summed E-state index contributed by atoms with van der Waals surface area (Å²) in [5.74, 6) is 0.595. The van der Waals surface area contributed by atoms with Gasteiger partial charge in [0.05, 0.1) is 17.1 Å². The fourth-order valence-corrected chi connectivity index (χ4v) is 3.91. The molecule has 0 aromatic carbocycles. The Labute approximate surface area is 156 Å². The molecule has 1 fully saturated rings. The largest absolute Gasteiger partial charge is 0.383 e. The lowest BCUT2D eigenvalue weighted by molar-refractivity contribution is -0.0152. The van der Waals surface area contributed by atoms with Gasteiger partial charge in [0.2, 0.25) is 0 Å². The van der Waals surface area contributed by atoms with Gasteiger partial charge in [0.25, 0.3) is 0 Å². The summed E-state index contributed by atoms with van der Waals surface area (Å²) in [6.45, 7) is 5.23. The lowest BCUT2D eigenvalue weighted by Crippen LogP contribution is -2.47. The second-order valence-electron chi connectivity index (χ2n) is 7.65. The van der Waals surface area contributed by atoms with Crippen LogP contribution < -0.4 is 5.32 Å². The standard InChI is InChI=1S/C20H25N5O.2H2/c1-13(2)11-14-12-20(26,8-10-21-14)17-7-3-6-16(23-17)18-15-5-4-9-22-19(15)25-24-18;;/h3-7,9,13-14,21,26H,8,10-12H2,1-2H3,(H,22,24,25);2*1H/t14-,20?;;/m0../s1. The molecule has 0 spiro atoms. The van der Waals surface area contributed by atoms with Crippen molar-refractivity contribution in [2.45, 2.75) is 44.8 Å². The summed E-state index contributed by atoms with van der Waals surface area (Å²) in [7, 11) is 0. The van der Waals surface area contributed by atoms with Crippen molar-refractivity contribution in [2.75, 3.05) is 6.54 Å². The molecular formula is C20H29N5O. The van der Waals surface area contributed by atoms with Crippen LogP contribution in [0.5, 0.6) is 0 Å². The fourth-order valence-electron chi connectivity index (χ4n) is 3.91. The minimum absolute atomic E-state index is 0. The Balaban J connectivity index is 0.00000140. The van der Waals surface area contributed by atoms with Gasteiger partial charge in [-0.3, -0.25) is 5.10 Å². The van der Waals surface area contributed by atoms with E-state index >= 15 is 0 Å². The summed E-state index contributed by atoms with van der Waals surface area (Å²) in [5, 5.41) is 23.1. The molecule has 0 aliphatic carbocycles. The number of hydrogen-bond donors (Lipinski definition) is 3. The summed E-state index contributed by atoms with van der Waals surface area (Å²) < 4.78 is 0. The van der Waals surface area contributed by atoms with Crippen molar-refractivity contribution in [1.82, 2.24) is 25.5 Å². The molecule has 0 saturated carbocycles. The predicted octanol–water partition coefficient (Wildman–Crippen LogP) is 3.50. The van der Waals surface area contributed by atoms with Crippen molar-refractivity contribution in [1.29, 1.82) is 0 Å². The van der Waals surface area contributed by atoms with E-state index in [0.29, 0.717) is 30.4 Å². The van der Waals surface area contributed by atoms with Crippen molar-refractivity contribution in [3.63, 3.8) is 0 Å². The zero-order valence-corrected chi connectivity index (χ0v) is 15.2.